The van der Waals surface area contributed by atoms with Crippen LogP contribution in [0.4, 0.5) is 0 Å². The van der Waals surface area contributed by atoms with Crippen molar-refractivity contribution in [2.45, 2.75) is 51.4 Å². The minimum Gasteiger partial charge on any atom is -0.481 e. The molecule has 0 radical (unpaired) electrons. The summed E-state index contributed by atoms with van der Waals surface area (Å²) in [5.41, 5.74) is 0. The highest BCUT2D eigenvalue weighted by atomic mass is 16.5. The Kier molecular flexibility index (Phi) is 3.89. The largest absolute Gasteiger partial charge is 0.481 e. The summed E-state index contributed by atoms with van der Waals surface area (Å²) < 4.78 is 5.55. The molecule has 4 heteroatoms. The predicted molar refractivity (Wildman–Crippen MR) is 51.0 cm³/mol. The van der Waals surface area contributed by atoms with Crippen LogP contribution in [0.5, 0.6) is 0 Å². The van der Waals surface area contributed by atoms with E-state index in [1.54, 1.807) is 13.8 Å². The lowest BCUT2D eigenvalue weighted by molar-refractivity contribution is -0.146. The Morgan fingerprint density at radius 1 is 1.50 bits per heavy atom. The molecule has 1 aliphatic heterocycles. The Hall–Kier alpha value is -0.610. The van der Waals surface area contributed by atoms with Gasteiger partial charge in [0.2, 0.25) is 0 Å². The maximum atomic E-state index is 10.7. The number of carboxylic acid groups (broad SMARTS) is 1. The summed E-state index contributed by atoms with van der Waals surface area (Å²) in [6.07, 6.45) is 1.71. The first-order valence-corrected chi connectivity index (χ1v) is 5.07. The lowest BCUT2D eigenvalue weighted by Gasteiger charge is -2.17. The zero-order valence-corrected chi connectivity index (χ0v) is 8.64. The second kappa shape index (κ2) is 4.75. The summed E-state index contributed by atoms with van der Waals surface area (Å²) in [5.74, 6) is -1.26. The van der Waals surface area contributed by atoms with Crippen LogP contribution in [0.15, 0.2) is 0 Å². The van der Waals surface area contributed by atoms with E-state index in [0.717, 1.165) is 12.8 Å². The van der Waals surface area contributed by atoms with Crippen molar-refractivity contribution in [1.82, 2.24) is 0 Å². The molecule has 14 heavy (non-hydrogen) atoms. The Morgan fingerprint density at radius 3 is 2.64 bits per heavy atom. The Bertz CT molecular complexity index is 202. The van der Waals surface area contributed by atoms with E-state index in [1.165, 1.54) is 0 Å². The number of carbonyl (C=O) groups is 1. The molecule has 4 atom stereocenters. The molecule has 0 bridgehead atoms. The molecule has 0 aromatic carbocycles. The normalized spacial score (nSPS) is 31.4. The van der Waals surface area contributed by atoms with Gasteiger partial charge < -0.3 is 14.9 Å². The minimum absolute atomic E-state index is 0.0294. The van der Waals surface area contributed by atoms with Crippen molar-refractivity contribution in [3.8, 4) is 0 Å². The topological polar surface area (TPSA) is 66.8 Å². The van der Waals surface area contributed by atoms with Gasteiger partial charge >= 0.3 is 5.97 Å². The van der Waals surface area contributed by atoms with Crippen LogP contribution >= 0.6 is 0 Å². The third-order valence-electron chi connectivity index (χ3n) is 2.69. The van der Waals surface area contributed by atoms with Crippen molar-refractivity contribution >= 4 is 5.97 Å². The van der Waals surface area contributed by atoms with E-state index < -0.39 is 11.9 Å². The molecule has 1 fully saturated rings. The van der Waals surface area contributed by atoms with Gasteiger partial charge in [-0.15, -0.1) is 0 Å². The van der Waals surface area contributed by atoms with Gasteiger partial charge in [0.1, 0.15) is 0 Å². The molecule has 0 amide bonds. The standard InChI is InChI=1S/C10H18O4/c1-6(11)5-8-3-4-9(14-8)7(2)10(12)13/h6-9,11H,3-5H2,1-2H3,(H,12,13)/t6-,7-,8+,9-/m1/s1. The zero-order valence-electron chi connectivity index (χ0n) is 8.64. The van der Waals surface area contributed by atoms with Crippen molar-refractivity contribution < 1.29 is 19.7 Å². The number of hydrogen-bond acceptors (Lipinski definition) is 3. The Morgan fingerprint density at radius 2 is 2.14 bits per heavy atom. The second-order valence-electron chi connectivity index (χ2n) is 4.09. The van der Waals surface area contributed by atoms with Crippen LogP contribution < -0.4 is 0 Å². The van der Waals surface area contributed by atoms with Crippen LogP contribution in [0.1, 0.15) is 33.1 Å². The number of rotatable bonds is 4. The van der Waals surface area contributed by atoms with Crippen LogP contribution in [0, 0.1) is 5.92 Å². The molecule has 1 saturated heterocycles. The maximum absolute atomic E-state index is 10.7. The van der Waals surface area contributed by atoms with E-state index in [-0.39, 0.29) is 18.3 Å². The summed E-state index contributed by atoms with van der Waals surface area (Å²) in [4.78, 5) is 10.7. The molecule has 2 N–H and O–H groups in total. The first-order valence-electron chi connectivity index (χ1n) is 5.07. The second-order valence-corrected chi connectivity index (χ2v) is 4.09. The molecule has 82 valence electrons. The third kappa shape index (κ3) is 2.96. The molecular formula is C10H18O4. The molecule has 0 saturated carbocycles. The van der Waals surface area contributed by atoms with Crippen LogP contribution in [0.3, 0.4) is 0 Å². The van der Waals surface area contributed by atoms with Crippen LogP contribution in [0.2, 0.25) is 0 Å². The molecule has 1 rings (SSSR count). The van der Waals surface area contributed by atoms with Crippen molar-refractivity contribution in [3.05, 3.63) is 0 Å². The van der Waals surface area contributed by atoms with Crippen molar-refractivity contribution in [2.24, 2.45) is 5.92 Å². The Labute approximate surface area is 83.9 Å². The summed E-state index contributed by atoms with van der Waals surface area (Å²) in [7, 11) is 0. The molecule has 0 unspecified atom stereocenters. The van der Waals surface area contributed by atoms with Gasteiger partial charge in [-0.2, -0.15) is 0 Å². The number of aliphatic hydroxyl groups excluding tert-OH is 1. The minimum atomic E-state index is -0.812. The van der Waals surface area contributed by atoms with Gasteiger partial charge in [-0.05, 0) is 33.1 Å². The highest BCUT2D eigenvalue weighted by Gasteiger charge is 2.33. The molecule has 4 nitrogen and oxygen atoms in total. The molecule has 1 aliphatic rings. The lowest BCUT2D eigenvalue weighted by atomic mass is 10.0. The third-order valence-corrected chi connectivity index (χ3v) is 2.69. The van der Waals surface area contributed by atoms with Gasteiger partial charge in [0.05, 0.1) is 24.2 Å². The molecular weight excluding hydrogens is 184 g/mol. The average molecular weight is 202 g/mol. The van der Waals surface area contributed by atoms with Gasteiger partial charge in [-0.25, -0.2) is 0 Å². The SMILES string of the molecule is C[C@@H](O)C[C@@H]1CC[C@H]([C@@H](C)C(=O)O)O1. The number of aliphatic hydroxyl groups is 1. The van der Waals surface area contributed by atoms with Crippen LogP contribution in [-0.2, 0) is 9.53 Å². The van der Waals surface area contributed by atoms with E-state index in [2.05, 4.69) is 0 Å². The molecule has 0 aromatic heterocycles. The smallest absolute Gasteiger partial charge is 0.308 e. The highest BCUT2D eigenvalue weighted by Crippen LogP contribution is 2.27. The monoisotopic (exact) mass is 202 g/mol. The maximum Gasteiger partial charge on any atom is 0.308 e. The lowest BCUT2D eigenvalue weighted by Crippen LogP contribution is -2.26. The van der Waals surface area contributed by atoms with E-state index in [0.29, 0.717) is 6.42 Å². The van der Waals surface area contributed by atoms with E-state index in [9.17, 15) is 4.79 Å². The number of hydrogen-bond donors (Lipinski definition) is 2. The number of ether oxygens (including phenoxy) is 1. The number of carboxylic acids is 1. The van der Waals surface area contributed by atoms with Crippen molar-refractivity contribution in [2.75, 3.05) is 0 Å². The van der Waals surface area contributed by atoms with Gasteiger partial charge in [0.15, 0.2) is 0 Å². The molecule has 0 aliphatic carbocycles. The van der Waals surface area contributed by atoms with E-state index in [4.69, 9.17) is 14.9 Å². The molecule has 0 spiro atoms. The quantitative estimate of drug-likeness (QED) is 0.714. The van der Waals surface area contributed by atoms with Gasteiger partial charge in [-0.3, -0.25) is 4.79 Å². The fourth-order valence-electron chi connectivity index (χ4n) is 1.81. The fraction of sp³-hybridized carbons (Fsp3) is 0.900. The van der Waals surface area contributed by atoms with Crippen molar-refractivity contribution in [3.63, 3.8) is 0 Å². The fourth-order valence-corrected chi connectivity index (χ4v) is 1.81. The highest BCUT2D eigenvalue weighted by molar-refractivity contribution is 5.70. The van der Waals surface area contributed by atoms with Gasteiger partial charge in [-0.1, -0.05) is 0 Å². The van der Waals surface area contributed by atoms with Gasteiger partial charge in [0, 0.05) is 0 Å². The summed E-state index contributed by atoms with van der Waals surface area (Å²) in [6, 6.07) is 0. The number of aliphatic carboxylic acids is 1. The van der Waals surface area contributed by atoms with Crippen molar-refractivity contribution in [1.29, 1.82) is 0 Å². The van der Waals surface area contributed by atoms with E-state index in [1.807, 2.05) is 0 Å². The molecule has 0 aromatic rings. The van der Waals surface area contributed by atoms with E-state index >= 15 is 0 Å². The first-order chi connectivity index (χ1) is 6.50. The average Bonchev–Trinajstić information content (AvgIpc) is 2.50. The molecule has 1 heterocycles. The first kappa shape index (κ1) is 11.5. The Balaban J connectivity index is 2.37. The summed E-state index contributed by atoms with van der Waals surface area (Å²) in [5, 5.41) is 17.9. The van der Waals surface area contributed by atoms with Crippen LogP contribution in [0.25, 0.3) is 0 Å². The predicted octanol–water partition coefficient (Wildman–Crippen LogP) is 1.03. The van der Waals surface area contributed by atoms with Gasteiger partial charge in [0.25, 0.3) is 0 Å². The summed E-state index contributed by atoms with van der Waals surface area (Å²) >= 11 is 0. The summed E-state index contributed by atoms with van der Waals surface area (Å²) in [6.45, 7) is 3.38. The van der Waals surface area contributed by atoms with Crippen LogP contribution in [-0.4, -0.2) is 34.5 Å². The zero-order chi connectivity index (χ0) is 10.7.